The predicted octanol–water partition coefficient (Wildman–Crippen LogP) is 2.86. The first-order valence-electron chi connectivity index (χ1n) is 6.15. The van der Waals surface area contributed by atoms with Crippen molar-refractivity contribution in [2.24, 2.45) is 0 Å². The fourth-order valence-electron chi connectivity index (χ4n) is 2.25. The molecule has 4 heteroatoms. The van der Waals surface area contributed by atoms with Gasteiger partial charge in [-0.1, -0.05) is 12.1 Å². The summed E-state index contributed by atoms with van der Waals surface area (Å²) in [6.45, 7) is 0.659. The Morgan fingerprint density at radius 2 is 2.16 bits per heavy atom. The van der Waals surface area contributed by atoms with Gasteiger partial charge in [0.15, 0.2) is 0 Å². The summed E-state index contributed by atoms with van der Waals surface area (Å²) < 4.78 is 16.1. The molecule has 0 aliphatic heterocycles. The maximum atomic E-state index is 14.2. The first kappa shape index (κ1) is 11.9. The van der Waals surface area contributed by atoms with Crippen LogP contribution in [0.4, 0.5) is 4.39 Å². The van der Waals surface area contributed by atoms with Crippen molar-refractivity contribution >= 4 is 5.65 Å². The molecule has 0 amide bonds. The summed E-state index contributed by atoms with van der Waals surface area (Å²) in [5, 5.41) is 3.01. The number of pyridine rings is 1. The Morgan fingerprint density at radius 3 is 2.95 bits per heavy atom. The van der Waals surface area contributed by atoms with Gasteiger partial charge in [0.05, 0.1) is 5.69 Å². The number of halogens is 1. The molecule has 3 aromatic rings. The van der Waals surface area contributed by atoms with Crippen LogP contribution < -0.4 is 5.32 Å². The highest BCUT2D eigenvalue weighted by atomic mass is 19.1. The molecule has 1 aromatic carbocycles. The third kappa shape index (κ3) is 2.11. The molecule has 0 atom stereocenters. The molecule has 19 heavy (non-hydrogen) atoms. The Balaban J connectivity index is 2.13. The minimum Gasteiger partial charge on any atom is -0.316 e. The van der Waals surface area contributed by atoms with Crippen molar-refractivity contribution in [2.45, 2.75) is 6.54 Å². The van der Waals surface area contributed by atoms with Crippen LogP contribution in [0.5, 0.6) is 0 Å². The molecule has 0 bridgehead atoms. The monoisotopic (exact) mass is 255 g/mol. The summed E-state index contributed by atoms with van der Waals surface area (Å²) in [5.41, 5.74) is 3.14. The summed E-state index contributed by atoms with van der Waals surface area (Å²) in [4.78, 5) is 4.21. The fraction of sp³-hybridized carbons (Fsp3) is 0.133. The largest absolute Gasteiger partial charge is 0.316 e. The predicted molar refractivity (Wildman–Crippen MR) is 73.3 cm³/mol. The van der Waals surface area contributed by atoms with E-state index < -0.39 is 0 Å². The molecule has 3 rings (SSSR count). The van der Waals surface area contributed by atoms with Gasteiger partial charge in [-0.3, -0.25) is 4.40 Å². The van der Waals surface area contributed by atoms with Gasteiger partial charge in [-0.2, -0.15) is 0 Å². The summed E-state index contributed by atoms with van der Waals surface area (Å²) in [5.74, 6) is -0.214. The average Bonchev–Trinajstić information content (AvgIpc) is 2.88. The lowest BCUT2D eigenvalue weighted by atomic mass is 10.1. The molecular formula is C15H14FN3. The highest BCUT2D eigenvalue weighted by molar-refractivity contribution is 5.64. The van der Waals surface area contributed by atoms with Crippen LogP contribution in [0.2, 0.25) is 0 Å². The summed E-state index contributed by atoms with van der Waals surface area (Å²) >= 11 is 0. The van der Waals surface area contributed by atoms with Crippen LogP contribution in [0.3, 0.4) is 0 Å². The van der Waals surface area contributed by atoms with Crippen molar-refractivity contribution in [2.75, 3.05) is 7.05 Å². The molecule has 0 unspecified atom stereocenters. The Bertz CT molecular complexity index is 718. The topological polar surface area (TPSA) is 29.3 Å². The lowest BCUT2D eigenvalue weighted by Gasteiger charge is -2.08. The van der Waals surface area contributed by atoms with Gasteiger partial charge in [-0.25, -0.2) is 9.37 Å². The number of hydrogen-bond donors (Lipinski definition) is 1. The average molecular weight is 255 g/mol. The van der Waals surface area contributed by atoms with Gasteiger partial charge < -0.3 is 5.32 Å². The minimum absolute atomic E-state index is 0.214. The van der Waals surface area contributed by atoms with E-state index in [1.807, 2.05) is 48.0 Å². The molecular weight excluding hydrogens is 241 g/mol. The zero-order valence-corrected chi connectivity index (χ0v) is 10.6. The Labute approximate surface area is 110 Å². The van der Waals surface area contributed by atoms with Crippen LogP contribution in [-0.4, -0.2) is 16.4 Å². The molecule has 0 spiro atoms. The molecule has 0 saturated carbocycles. The van der Waals surface area contributed by atoms with Crippen molar-refractivity contribution in [3.05, 3.63) is 60.2 Å². The van der Waals surface area contributed by atoms with Crippen LogP contribution >= 0.6 is 0 Å². The molecule has 0 aliphatic rings. The molecule has 2 aromatic heterocycles. The highest BCUT2D eigenvalue weighted by Crippen LogP contribution is 2.24. The fourth-order valence-corrected chi connectivity index (χ4v) is 2.25. The normalized spacial score (nSPS) is 11.1. The van der Waals surface area contributed by atoms with Crippen LogP contribution in [0.25, 0.3) is 16.9 Å². The zero-order chi connectivity index (χ0) is 13.2. The molecule has 1 N–H and O–H groups in total. The third-order valence-electron chi connectivity index (χ3n) is 3.12. The SMILES string of the molecule is CNCc1ccc(-c2cccc3nccn23)c(F)c1. The summed E-state index contributed by atoms with van der Waals surface area (Å²) in [6, 6.07) is 11.0. The standard InChI is InChI=1S/C15H14FN3/c1-17-10-11-5-6-12(13(16)9-11)14-3-2-4-15-18-7-8-19(14)15/h2-9,17H,10H2,1H3. The smallest absolute Gasteiger partial charge is 0.137 e. The van der Waals surface area contributed by atoms with Crippen molar-refractivity contribution in [1.29, 1.82) is 0 Å². The van der Waals surface area contributed by atoms with E-state index in [4.69, 9.17) is 0 Å². The second kappa shape index (κ2) is 4.82. The number of fused-ring (bicyclic) bond motifs is 1. The van der Waals surface area contributed by atoms with E-state index in [9.17, 15) is 4.39 Å². The van der Waals surface area contributed by atoms with E-state index in [0.717, 1.165) is 16.9 Å². The number of nitrogens with one attached hydrogen (secondary N) is 1. The molecule has 3 nitrogen and oxygen atoms in total. The van der Waals surface area contributed by atoms with E-state index >= 15 is 0 Å². The lowest BCUT2D eigenvalue weighted by Crippen LogP contribution is -2.05. The van der Waals surface area contributed by atoms with Gasteiger partial charge in [-0.05, 0) is 36.9 Å². The van der Waals surface area contributed by atoms with Gasteiger partial charge >= 0.3 is 0 Å². The molecule has 0 radical (unpaired) electrons. The number of nitrogens with zero attached hydrogens (tertiary/aromatic N) is 2. The highest BCUT2D eigenvalue weighted by Gasteiger charge is 2.09. The first-order valence-corrected chi connectivity index (χ1v) is 6.15. The Morgan fingerprint density at radius 1 is 1.26 bits per heavy atom. The number of aromatic nitrogens is 2. The third-order valence-corrected chi connectivity index (χ3v) is 3.12. The molecule has 96 valence electrons. The summed E-state index contributed by atoms with van der Waals surface area (Å²) in [6.07, 6.45) is 3.55. The Hall–Kier alpha value is -2.20. The minimum atomic E-state index is -0.214. The van der Waals surface area contributed by atoms with E-state index in [0.29, 0.717) is 12.1 Å². The van der Waals surface area contributed by atoms with Crippen LogP contribution in [-0.2, 0) is 6.54 Å². The molecule has 0 saturated heterocycles. The number of hydrogen-bond acceptors (Lipinski definition) is 2. The molecule has 0 fully saturated rings. The van der Waals surface area contributed by atoms with Crippen LogP contribution in [0.15, 0.2) is 48.8 Å². The van der Waals surface area contributed by atoms with E-state index in [-0.39, 0.29) is 5.82 Å². The second-order valence-electron chi connectivity index (χ2n) is 4.41. The maximum Gasteiger partial charge on any atom is 0.137 e. The zero-order valence-electron chi connectivity index (χ0n) is 10.6. The van der Waals surface area contributed by atoms with Crippen molar-refractivity contribution in [3.63, 3.8) is 0 Å². The Kier molecular flexibility index (Phi) is 3.01. The second-order valence-corrected chi connectivity index (χ2v) is 4.41. The van der Waals surface area contributed by atoms with E-state index in [1.54, 1.807) is 12.3 Å². The van der Waals surface area contributed by atoms with Crippen molar-refractivity contribution in [1.82, 2.24) is 14.7 Å². The van der Waals surface area contributed by atoms with Crippen molar-refractivity contribution in [3.8, 4) is 11.3 Å². The maximum absolute atomic E-state index is 14.2. The summed E-state index contributed by atoms with van der Waals surface area (Å²) in [7, 11) is 1.85. The first-order chi connectivity index (χ1) is 9.29. The van der Waals surface area contributed by atoms with Crippen molar-refractivity contribution < 1.29 is 4.39 Å². The number of rotatable bonds is 3. The quantitative estimate of drug-likeness (QED) is 0.779. The van der Waals surface area contributed by atoms with Gasteiger partial charge in [0, 0.05) is 24.5 Å². The lowest BCUT2D eigenvalue weighted by molar-refractivity contribution is 0.626. The van der Waals surface area contributed by atoms with E-state index in [1.165, 1.54) is 0 Å². The van der Waals surface area contributed by atoms with Gasteiger partial charge in [-0.15, -0.1) is 0 Å². The number of imidazole rings is 1. The van der Waals surface area contributed by atoms with Gasteiger partial charge in [0.2, 0.25) is 0 Å². The van der Waals surface area contributed by atoms with Gasteiger partial charge in [0.25, 0.3) is 0 Å². The van der Waals surface area contributed by atoms with Crippen LogP contribution in [0.1, 0.15) is 5.56 Å². The number of benzene rings is 1. The van der Waals surface area contributed by atoms with E-state index in [2.05, 4.69) is 10.3 Å². The van der Waals surface area contributed by atoms with Crippen LogP contribution in [0, 0.1) is 5.82 Å². The molecule has 2 heterocycles. The molecule has 0 aliphatic carbocycles. The van der Waals surface area contributed by atoms with Gasteiger partial charge in [0.1, 0.15) is 11.5 Å².